The molecule has 0 bridgehead atoms. The first kappa shape index (κ1) is 20.8. The van der Waals surface area contributed by atoms with E-state index in [2.05, 4.69) is 0 Å². The van der Waals surface area contributed by atoms with Gasteiger partial charge in [0.15, 0.2) is 5.78 Å². The zero-order chi connectivity index (χ0) is 19.4. The number of Topliss-reactive ketones (excluding diaryl/α,β-unsaturated/α-hetero) is 1. The number of ketones is 1. The number of carbonyl (C=O) groups excluding carboxylic acids is 2. The fourth-order valence-electron chi connectivity index (χ4n) is 5.90. The highest BCUT2D eigenvalue weighted by Gasteiger charge is 2.46. The molecule has 3 fully saturated rings. The fourth-order valence-corrected chi connectivity index (χ4v) is 5.90. The number of halogens is 1. The van der Waals surface area contributed by atoms with Crippen LogP contribution in [0.3, 0.4) is 0 Å². The van der Waals surface area contributed by atoms with E-state index in [-0.39, 0.29) is 29.6 Å². The molecule has 2 aliphatic carbocycles. The summed E-state index contributed by atoms with van der Waals surface area (Å²) in [6.45, 7) is 2.18. The Hall–Kier alpha value is -0.970. The predicted octanol–water partition coefficient (Wildman–Crippen LogP) is 3.87. The molecule has 0 aromatic heterocycles. The third-order valence-electron chi connectivity index (χ3n) is 7.57. The maximum Gasteiger partial charge on any atom is 0.226 e. The Morgan fingerprint density at radius 1 is 1.04 bits per heavy atom. The van der Waals surface area contributed by atoms with Crippen LogP contribution < -0.4 is 5.73 Å². The number of amides is 1. The molecule has 154 valence electrons. The minimum absolute atomic E-state index is 0.00896. The molecule has 4 nitrogen and oxygen atoms in total. The summed E-state index contributed by atoms with van der Waals surface area (Å²) in [4.78, 5) is 28.0. The average molecular weight is 381 g/mol. The lowest BCUT2D eigenvalue weighted by atomic mass is 9.75. The molecule has 3 atom stereocenters. The Balaban J connectivity index is 1.65. The summed E-state index contributed by atoms with van der Waals surface area (Å²) in [5.74, 6) is 1.57. The molecule has 0 radical (unpaired) electrons. The average Bonchev–Trinajstić information content (AvgIpc) is 3.18. The highest BCUT2D eigenvalue weighted by Crippen LogP contribution is 2.41. The number of alkyl halides is 1. The van der Waals surface area contributed by atoms with Crippen LogP contribution in [0.1, 0.15) is 77.6 Å². The van der Waals surface area contributed by atoms with Crippen molar-refractivity contribution in [2.75, 3.05) is 13.2 Å². The topological polar surface area (TPSA) is 63.4 Å². The molecule has 0 aromatic carbocycles. The third kappa shape index (κ3) is 4.55. The van der Waals surface area contributed by atoms with Crippen molar-refractivity contribution in [3.05, 3.63) is 0 Å². The lowest BCUT2D eigenvalue weighted by molar-refractivity contribution is -0.143. The van der Waals surface area contributed by atoms with Crippen molar-refractivity contribution in [3.63, 3.8) is 0 Å². The molecule has 1 heterocycles. The number of hydrogen-bond donors (Lipinski definition) is 1. The van der Waals surface area contributed by atoms with Gasteiger partial charge < -0.3 is 10.6 Å². The number of nitrogens with zero attached hydrogens (tertiary/aromatic N) is 1. The van der Waals surface area contributed by atoms with Gasteiger partial charge in [0.05, 0.1) is 6.04 Å². The van der Waals surface area contributed by atoms with Crippen LogP contribution in [0, 0.1) is 23.7 Å². The van der Waals surface area contributed by atoms with Crippen molar-refractivity contribution < 1.29 is 14.0 Å². The zero-order valence-corrected chi connectivity index (χ0v) is 16.9. The van der Waals surface area contributed by atoms with Crippen LogP contribution in [-0.4, -0.2) is 41.9 Å². The third-order valence-corrected chi connectivity index (χ3v) is 7.57. The first-order valence-electron chi connectivity index (χ1n) is 11.2. The molecule has 3 aliphatic rings. The fraction of sp³-hybridized carbons (Fsp3) is 0.909. The van der Waals surface area contributed by atoms with E-state index in [0.29, 0.717) is 18.3 Å². The minimum Gasteiger partial charge on any atom is -0.332 e. The molecule has 2 saturated carbocycles. The van der Waals surface area contributed by atoms with Crippen molar-refractivity contribution in [2.45, 2.75) is 89.6 Å². The van der Waals surface area contributed by atoms with Crippen LogP contribution >= 0.6 is 0 Å². The van der Waals surface area contributed by atoms with Crippen LogP contribution in [0.5, 0.6) is 0 Å². The van der Waals surface area contributed by atoms with Gasteiger partial charge in [-0.1, -0.05) is 39.0 Å². The second-order valence-electron chi connectivity index (χ2n) is 9.08. The molecule has 0 spiro atoms. The number of carbonyl (C=O) groups is 2. The Bertz CT molecular complexity index is 512. The maximum absolute atomic E-state index is 13.3. The second kappa shape index (κ2) is 9.49. The van der Waals surface area contributed by atoms with E-state index in [9.17, 15) is 14.0 Å². The number of rotatable bonds is 6. The Morgan fingerprint density at radius 3 is 2.30 bits per heavy atom. The molecule has 5 heteroatoms. The summed E-state index contributed by atoms with van der Waals surface area (Å²) in [5, 5.41) is 0. The maximum atomic E-state index is 13.3. The van der Waals surface area contributed by atoms with Gasteiger partial charge in [0.2, 0.25) is 5.91 Å². The van der Waals surface area contributed by atoms with E-state index in [4.69, 9.17) is 5.73 Å². The SMILES string of the molecule is CCC(=O)[C@@H]1[C@H](C2CCCCC2)CCN1C(=O)C1CCC([C@H](N)CF)CC1. The second-order valence-corrected chi connectivity index (χ2v) is 9.08. The molecule has 0 aromatic rings. The number of hydrogen-bond acceptors (Lipinski definition) is 3. The standard InChI is InChI=1S/C22H37FN2O2/c1-2-20(26)21-18(15-6-4-3-5-7-15)12-13-25(21)22(27)17-10-8-16(9-11-17)19(24)14-23/h15-19,21H,2-14,24H2,1H3/t16?,17?,18-,19+,21-/m0/s1. The van der Waals surface area contributed by atoms with E-state index in [1.807, 2.05) is 11.8 Å². The monoisotopic (exact) mass is 380 g/mol. The summed E-state index contributed by atoms with van der Waals surface area (Å²) in [7, 11) is 0. The summed E-state index contributed by atoms with van der Waals surface area (Å²) in [5.41, 5.74) is 5.86. The van der Waals surface area contributed by atoms with Gasteiger partial charge in [-0.3, -0.25) is 9.59 Å². The highest BCUT2D eigenvalue weighted by atomic mass is 19.1. The van der Waals surface area contributed by atoms with Gasteiger partial charge in [-0.25, -0.2) is 4.39 Å². The van der Waals surface area contributed by atoms with Crippen molar-refractivity contribution >= 4 is 11.7 Å². The van der Waals surface area contributed by atoms with Crippen LogP contribution in [0.25, 0.3) is 0 Å². The van der Waals surface area contributed by atoms with Crippen molar-refractivity contribution in [1.82, 2.24) is 4.90 Å². The van der Waals surface area contributed by atoms with Crippen molar-refractivity contribution in [2.24, 2.45) is 29.4 Å². The normalized spacial score (nSPS) is 33.8. The van der Waals surface area contributed by atoms with Crippen LogP contribution in [0.2, 0.25) is 0 Å². The molecule has 1 amide bonds. The van der Waals surface area contributed by atoms with E-state index in [0.717, 1.165) is 38.6 Å². The summed E-state index contributed by atoms with van der Waals surface area (Å²) >= 11 is 0. The van der Waals surface area contributed by atoms with Gasteiger partial charge in [-0.05, 0) is 49.9 Å². The Labute approximate surface area is 163 Å². The van der Waals surface area contributed by atoms with Crippen LogP contribution in [0.4, 0.5) is 4.39 Å². The molecular formula is C22H37FN2O2. The van der Waals surface area contributed by atoms with Crippen molar-refractivity contribution in [1.29, 1.82) is 0 Å². The molecular weight excluding hydrogens is 343 g/mol. The van der Waals surface area contributed by atoms with Gasteiger partial charge in [0, 0.05) is 24.9 Å². The van der Waals surface area contributed by atoms with Crippen molar-refractivity contribution in [3.8, 4) is 0 Å². The minimum atomic E-state index is -0.481. The van der Waals surface area contributed by atoms with Gasteiger partial charge in [0.25, 0.3) is 0 Å². The molecule has 3 rings (SSSR count). The quantitative estimate of drug-likeness (QED) is 0.761. The van der Waals surface area contributed by atoms with Crippen LogP contribution in [-0.2, 0) is 9.59 Å². The van der Waals surface area contributed by atoms with Gasteiger partial charge in [0.1, 0.15) is 6.67 Å². The lowest BCUT2D eigenvalue weighted by Crippen LogP contribution is -2.48. The number of nitrogens with two attached hydrogens (primary N) is 1. The van der Waals surface area contributed by atoms with E-state index >= 15 is 0 Å². The molecule has 1 aliphatic heterocycles. The van der Waals surface area contributed by atoms with Gasteiger partial charge >= 0.3 is 0 Å². The van der Waals surface area contributed by atoms with Gasteiger partial charge in [-0.15, -0.1) is 0 Å². The Kier molecular flexibility index (Phi) is 7.29. The summed E-state index contributed by atoms with van der Waals surface area (Å²) < 4.78 is 12.8. The number of likely N-dealkylation sites (tertiary alicyclic amines) is 1. The van der Waals surface area contributed by atoms with Crippen LogP contribution in [0.15, 0.2) is 0 Å². The van der Waals surface area contributed by atoms with E-state index < -0.39 is 12.7 Å². The Morgan fingerprint density at radius 2 is 1.70 bits per heavy atom. The molecule has 2 N–H and O–H groups in total. The summed E-state index contributed by atoms with van der Waals surface area (Å²) in [6.07, 6.45) is 11.0. The lowest BCUT2D eigenvalue weighted by Gasteiger charge is -2.36. The first-order chi connectivity index (χ1) is 13.1. The molecule has 1 saturated heterocycles. The molecule has 0 unspecified atom stereocenters. The predicted molar refractivity (Wildman–Crippen MR) is 105 cm³/mol. The zero-order valence-electron chi connectivity index (χ0n) is 16.9. The van der Waals surface area contributed by atoms with Gasteiger partial charge in [-0.2, -0.15) is 0 Å². The highest BCUT2D eigenvalue weighted by molar-refractivity contribution is 5.90. The largest absolute Gasteiger partial charge is 0.332 e. The summed E-state index contributed by atoms with van der Waals surface area (Å²) in [6, 6.07) is -0.589. The first-order valence-corrected chi connectivity index (χ1v) is 11.2. The molecule has 27 heavy (non-hydrogen) atoms. The van der Waals surface area contributed by atoms with E-state index in [1.165, 1.54) is 32.1 Å². The smallest absolute Gasteiger partial charge is 0.226 e. The van der Waals surface area contributed by atoms with E-state index in [1.54, 1.807) is 0 Å².